The van der Waals surface area contributed by atoms with Crippen molar-refractivity contribution in [2.24, 2.45) is 0 Å². The van der Waals surface area contributed by atoms with Crippen LogP contribution in [0, 0.1) is 6.92 Å². The van der Waals surface area contributed by atoms with Gasteiger partial charge in [0, 0.05) is 16.2 Å². The molecule has 1 N–H and O–H groups in total. The third-order valence-corrected chi connectivity index (χ3v) is 9.98. The van der Waals surface area contributed by atoms with E-state index in [1.54, 1.807) is 12.1 Å². The number of aromatic nitrogens is 3. The van der Waals surface area contributed by atoms with Gasteiger partial charge in [0.05, 0.1) is 16.6 Å². The first-order valence-corrected chi connectivity index (χ1v) is 16.7. The van der Waals surface area contributed by atoms with Crippen LogP contribution in [0.1, 0.15) is 28.6 Å². The van der Waals surface area contributed by atoms with E-state index in [2.05, 4.69) is 27.1 Å². The van der Waals surface area contributed by atoms with E-state index >= 15 is 0 Å². The van der Waals surface area contributed by atoms with Gasteiger partial charge in [-0.1, -0.05) is 126 Å². The Kier molecular flexibility index (Phi) is 8.63. The molecule has 0 aliphatic carbocycles. The molecule has 6 rings (SSSR count). The fourth-order valence-electron chi connectivity index (χ4n) is 5.09. The Morgan fingerprint density at radius 1 is 0.814 bits per heavy atom. The monoisotopic (exact) mass is 624 g/mol. The summed E-state index contributed by atoms with van der Waals surface area (Å²) in [6.45, 7) is 1.99. The summed E-state index contributed by atoms with van der Waals surface area (Å²) in [5, 5.41) is 11.9. The lowest BCUT2D eigenvalue weighted by Crippen LogP contribution is -2.32. The minimum Gasteiger partial charge on any atom is -0.272 e. The van der Waals surface area contributed by atoms with Crippen molar-refractivity contribution in [3.63, 3.8) is 0 Å². The largest absolute Gasteiger partial charge is 0.272 e. The zero-order chi connectivity index (χ0) is 29.8. The lowest BCUT2D eigenvalue weighted by atomic mass is 10.1. The summed E-state index contributed by atoms with van der Waals surface area (Å²) in [5.41, 5.74) is 3.86. The molecular weight excluding hydrogens is 596 g/mol. The van der Waals surface area contributed by atoms with Gasteiger partial charge < -0.3 is 0 Å². The Morgan fingerprint density at radius 2 is 1.49 bits per heavy atom. The molecule has 9 heteroatoms. The Balaban J connectivity index is 1.47. The normalized spacial score (nSPS) is 12.4. The first kappa shape index (κ1) is 29.1. The fourth-order valence-corrected chi connectivity index (χ4v) is 7.59. The number of halogens is 1. The molecule has 0 radical (unpaired) electrons. The number of nitrogens with one attached hydrogen (secondary N) is 1. The van der Waals surface area contributed by atoms with Gasteiger partial charge in [0.2, 0.25) is 10.0 Å². The van der Waals surface area contributed by atoms with Gasteiger partial charge in [-0.2, -0.15) is 0 Å². The lowest BCUT2D eigenvalue weighted by Gasteiger charge is -2.21. The molecule has 43 heavy (non-hydrogen) atoms. The molecule has 0 saturated carbocycles. The Labute approximate surface area is 260 Å². The molecule has 216 valence electrons. The quantitative estimate of drug-likeness (QED) is 0.157. The van der Waals surface area contributed by atoms with E-state index in [0.717, 1.165) is 27.8 Å². The van der Waals surface area contributed by atoms with Crippen LogP contribution in [0.4, 0.5) is 0 Å². The fraction of sp³-hybridized carbons (Fsp3) is 0.118. The van der Waals surface area contributed by atoms with Gasteiger partial charge >= 0.3 is 0 Å². The number of fused-ring (bicyclic) bond motifs is 1. The highest BCUT2D eigenvalue weighted by molar-refractivity contribution is 7.98. The summed E-state index contributed by atoms with van der Waals surface area (Å²) in [7, 11) is -3.98. The molecule has 6 nitrogen and oxygen atoms in total. The van der Waals surface area contributed by atoms with Crippen LogP contribution in [0.15, 0.2) is 131 Å². The number of sulfonamides is 1. The summed E-state index contributed by atoms with van der Waals surface area (Å²) in [6.07, 6.45) is 0.367. The highest BCUT2D eigenvalue weighted by Gasteiger charge is 2.29. The van der Waals surface area contributed by atoms with Crippen molar-refractivity contribution >= 4 is 44.2 Å². The number of nitrogens with zero attached hydrogens (tertiary/aromatic N) is 3. The average molecular weight is 625 g/mol. The number of aryl methyl sites for hydroxylation is 1. The van der Waals surface area contributed by atoms with Gasteiger partial charge in [-0.25, -0.2) is 13.1 Å². The maximum Gasteiger partial charge on any atom is 0.241 e. The third-order valence-electron chi connectivity index (χ3n) is 7.21. The van der Waals surface area contributed by atoms with Crippen molar-refractivity contribution in [2.45, 2.75) is 35.2 Å². The maximum atomic E-state index is 14.1. The predicted octanol–water partition coefficient (Wildman–Crippen LogP) is 7.94. The smallest absolute Gasteiger partial charge is 0.241 e. The maximum absolute atomic E-state index is 14.1. The van der Waals surface area contributed by atoms with Crippen LogP contribution in [0.5, 0.6) is 0 Å². The van der Waals surface area contributed by atoms with Crippen LogP contribution in [-0.2, 0) is 22.2 Å². The SMILES string of the molecule is Cc1ccc(Cl)cc1-n1c(SCc2ccccc2)nnc1C(Cc1ccccc1)NS(=O)(=O)c1cccc2ccccc12. The standard InChI is InChI=1S/C34H29ClN4O2S2/c1-24-19-20-28(35)22-31(24)39-33(36-37-34(39)42-23-26-13-6-3-7-14-26)30(21-25-11-4-2-5-12-25)38-43(40,41)32-18-10-16-27-15-8-9-17-29(27)32/h2-20,22,30,38H,21,23H2,1H3. The zero-order valence-electron chi connectivity index (χ0n) is 23.4. The van der Waals surface area contributed by atoms with E-state index in [1.807, 2.05) is 109 Å². The minimum absolute atomic E-state index is 0.215. The Bertz CT molecular complexity index is 1980. The first-order chi connectivity index (χ1) is 20.9. The van der Waals surface area contributed by atoms with Crippen molar-refractivity contribution in [3.8, 4) is 5.69 Å². The van der Waals surface area contributed by atoms with E-state index in [4.69, 9.17) is 11.6 Å². The number of hydrogen-bond donors (Lipinski definition) is 1. The van der Waals surface area contributed by atoms with Crippen molar-refractivity contribution in [3.05, 3.63) is 149 Å². The second-order valence-electron chi connectivity index (χ2n) is 10.2. The molecule has 0 amide bonds. The van der Waals surface area contributed by atoms with Gasteiger partial charge in [-0.15, -0.1) is 10.2 Å². The molecule has 0 spiro atoms. The third kappa shape index (κ3) is 6.53. The van der Waals surface area contributed by atoms with E-state index in [9.17, 15) is 8.42 Å². The Morgan fingerprint density at radius 3 is 2.26 bits per heavy atom. The molecule has 1 unspecified atom stereocenters. The summed E-state index contributed by atoms with van der Waals surface area (Å²) in [5.74, 6) is 1.15. The van der Waals surface area contributed by atoms with Gasteiger partial charge in [0.1, 0.15) is 0 Å². The zero-order valence-corrected chi connectivity index (χ0v) is 25.8. The highest BCUT2D eigenvalue weighted by Crippen LogP contribution is 2.33. The molecule has 0 bridgehead atoms. The van der Waals surface area contributed by atoms with Crippen molar-refractivity contribution < 1.29 is 8.42 Å². The summed E-state index contributed by atoms with van der Waals surface area (Å²) in [6, 6.07) is 37.6. The summed E-state index contributed by atoms with van der Waals surface area (Å²) in [4.78, 5) is 0.215. The first-order valence-electron chi connectivity index (χ1n) is 13.8. The van der Waals surface area contributed by atoms with Gasteiger partial charge in [-0.3, -0.25) is 4.57 Å². The van der Waals surface area contributed by atoms with Crippen LogP contribution < -0.4 is 4.72 Å². The molecule has 0 aliphatic rings. The van der Waals surface area contributed by atoms with Crippen LogP contribution in [0.2, 0.25) is 5.02 Å². The molecule has 1 aromatic heterocycles. The van der Waals surface area contributed by atoms with E-state index in [0.29, 0.717) is 33.6 Å². The van der Waals surface area contributed by atoms with E-state index in [1.165, 1.54) is 11.8 Å². The number of benzene rings is 5. The Hall–Kier alpha value is -3.95. The molecule has 6 aromatic rings. The van der Waals surface area contributed by atoms with Crippen LogP contribution >= 0.6 is 23.4 Å². The summed E-state index contributed by atoms with van der Waals surface area (Å²) < 4.78 is 33.2. The van der Waals surface area contributed by atoms with E-state index < -0.39 is 16.1 Å². The van der Waals surface area contributed by atoms with Crippen molar-refractivity contribution in [1.82, 2.24) is 19.5 Å². The van der Waals surface area contributed by atoms with Crippen LogP contribution in [0.3, 0.4) is 0 Å². The van der Waals surface area contributed by atoms with Crippen LogP contribution in [0.25, 0.3) is 16.5 Å². The predicted molar refractivity (Wildman–Crippen MR) is 174 cm³/mol. The lowest BCUT2D eigenvalue weighted by molar-refractivity contribution is 0.538. The molecule has 0 fully saturated rings. The number of thioether (sulfide) groups is 1. The van der Waals surface area contributed by atoms with Crippen LogP contribution in [-0.4, -0.2) is 23.2 Å². The number of rotatable bonds is 10. The van der Waals surface area contributed by atoms with Gasteiger partial charge in [0.15, 0.2) is 11.0 Å². The highest BCUT2D eigenvalue weighted by atomic mass is 35.5. The van der Waals surface area contributed by atoms with Crippen molar-refractivity contribution in [1.29, 1.82) is 0 Å². The molecule has 5 aromatic carbocycles. The molecule has 1 atom stereocenters. The minimum atomic E-state index is -3.98. The second-order valence-corrected chi connectivity index (χ2v) is 13.3. The van der Waals surface area contributed by atoms with Gasteiger partial charge in [0.25, 0.3) is 0 Å². The second kappa shape index (κ2) is 12.7. The molecular formula is C34H29ClN4O2S2. The number of hydrogen-bond acceptors (Lipinski definition) is 5. The van der Waals surface area contributed by atoms with Gasteiger partial charge in [-0.05, 0) is 53.6 Å². The van der Waals surface area contributed by atoms with E-state index in [-0.39, 0.29) is 4.90 Å². The molecule has 0 saturated heterocycles. The molecule has 0 aliphatic heterocycles. The topological polar surface area (TPSA) is 76.9 Å². The van der Waals surface area contributed by atoms with Crippen molar-refractivity contribution in [2.75, 3.05) is 0 Å². The summed E-state index contributed by atoms with van der Waals surface area (Å²) >= 11 is 8.03. The average Bonchev–Trinajstić information content (AvgIpc) is 3.45. The molecule has 1 heterocycles.